The molecular weight excluding hydrogens is 462 g/mol. The maximum absolute atomic E-state index is 13.7. The van der Waals surface area contributed by atoms with Crippen molar-refractivity contribution >= 4 is 23.3 Å². The molecule has 3 heterocycles. The highest BCUT2D eigenvalue weighted by atomic mass is 35.5. The lowest BCUT2D eigenvalue weighted by Gasteiger charge is -2.27. The normalized spacial score (nSPS) is 22.8. The number of hydrogen-bond donors (Lipinski definition) is 0. The number of anilines is 1. The number of nitrogens with zero attached hydrogens (tertiary/aromatic N) is 5. The van der Waals surface area contributed by atoms with Gasteiger partial charge in [0.1, 0.15) is 24.0 Å². The van der Waals surface area contributed by atoms with E-state index in [4.69, 9.17) is 11.6 Å². The summed E-state index contributed by atoms with van der Waals surface area (Å²) in [5, 5.41) is 8.10. The summed E-state index contributed by atoms with van der Waals surface area (Å²) in [6, 6.07) is 5.27. The predicted molar refractivity (Wildman–Crippen MR) is 111 cm³/mol. The number of amides is 1. The summed E-state index contributed by atoms with van der Waals surface area (Å²) in [7, 11) is 0. The largest absolute Gasteiger partial charge is 0.416 e. The summed E-state index contributed by atoms with van der Waals surface area (Å²) in [6.07, 6.45) is -0.982. The lowest BCUT2D eigenvalue weighted by molar-refractivity contribution is -0.137. The molecule has 172 valence electrons. The zero-order chi connectivity index (χ0) is 23.5. The minimum absolute atomic E-state index is 0.0709. The van der Waals surface area contributed by atoms with Crippen LogP contribution in [0.1, 0.15) is 42.4 Å². The van der Waals surface area contributed by atoms with Crippen molar-refractivity contribution in [1.29, 1.82) is 0 Å². The van der Waals surface area contributed by atoms with Crippen LogP contribution in [-0.2, 0) is 11.0 Å². The average molecular weight is 480 g/mol. The zero-order valence-electron chi connectivity index (χ0n) is 17.4. The van der Waals surface area contributed by atoms with Crippen molar-refractivity contribution in [3.05, 3.63) is 64.6 Å². The van der Waals surface area contributed by atoms with Gasteiger partial charge >= 0.3 is 6.18 Å². The first-order chi connectivity index (χ1) is 15.6. The summed E-state index contributed by atoms with van der Waals surface area (Å²) in [5.41, 5.74) is -0.251. The van der Waals surface area contributed by atoms with Gasteiger partial charge < -0.3 is 0 Å². The molecule has 3 aromatic rings. The molecule has 1 aromatic carbocycles. The van der Waals surface area contributed by atoms with Gasteiger partial charge in [0.25, 0.3) is 0 Å². The number of pyridine rings is 1. The molecule has 0 bridgehead atoms. The van der Waals surface area contributed by atoms with Crippen molar-refractivity contribution in [2.75, 3.05) is 4.90 Å². The fraction of sp³-hybridized carbons (Fsp3) is 0.364. The van der Waals surface area contributed by atoms with E-state index in [1.165, 1.54) is 36.4 Å². The molecule has 33 heavy (non-hydrogen) atoms. The van der Waals surface area contributed by atoms with Crippen molar-refractivity contribution in [1.82, 2.24) is 19.7 Å². The van der Waals surface area contributed by atoms with E-state index >= 15 is 0 Å². The monoisotopic (exact) mass is 479 g/mol. The van der Waals surface area contributed by atoms with Crippen LogP contribution in [0.25, 0.3) is 5.69 Å². The van der Waals surface area contributed by atoms with Crippen LogP contribution < -0.4 is 4.90 Å². The molecular formula is C22H18ClF4N5O. The van der Waals surface area contributed by atoms with Crippen molar-refractivity contribution in [2.24, 2.45) is 11.8 Å². The van der Waals surface area contributed by atoms with Gasteiger partial charge in [-0.2, -0.15) is 13.2 Å². The topological polar surface area (TPSA) is 63.9 Å². The number of rotatable bonds is 3. The van der Waals surface area contributed by atoms with E-state index in [-0.39, 0.29) is 34.3 Å². The van der Waals surface area contributed by atoms with Gasteiger partial charge in [-0.25, -0.2) is 9.37 Å². The maximum Gasteiger partial charge on any atom is 0.416 e. The molecule has 11 heteroatoms. The number of aromatic nitrogens is 4. The molecule has 1 aliphatic carbocycles. The van der Waals surface area contributed by atoms with Crippen molar-refractivity contribution in [3.63, 3.8) is 0 Å². The van der Waals surface area contributed by atoms with Crippen LogP contribution in [-0.4, -0.2) is 25.7 Å². The minimum Gasteiger partial charge on any atom is -0.285 e. The van der Waals surface area contributed by atoms with Gasteiger partial charge in [-0.3, -0.25) is 14.3 Å². The first kappa shape index (κ1) is 21.8. The smallest absolute Gasteiger partial charge is 0.285 e. The van der Waals surface area contributed by atoms with Gasteiger partial charge in [0.2, 0.25) is 5.91 Å². The van der Waals surface area contributed by atoms with E-state index in [9.17, 15) is 22.4 Å². The first-order valence-electron chi connectivity index (χ1n) is 10.4. The summed E-state index contributed by atoms with van der Waals surface area (Å²) in [5.74, 6) is -1.08. The minimum atomic E-state index is -4.58. The molecule has 1 amide bonds. The van der Waals surface area contributed by atoms with Gasteiger partial charge in [-0.15, -0.1) is 10.2 Å². The molecule has 2 fully saturated rings. The van der Waals surface area contributed by atoms with Crippen LogP contribution in [0.3, 0.4) is 0 Å². The fourth-order valence-corrected chi connectivity index (χ4v) is 5.14. The van der Waals surface area contributed by atoms with E-state index in [0.717, 1.165) is 18.6 Å². The number of fused-ring (bicyclic) bond motifs is 1. The molecule has 6 nitrogen and oxygen atoms in total. The van der Waals surface area contributed by atoms with E-state index in [0.29, 0.717) is 24.4 Å². The van der Waals surface area contributed by atoms with Crippen molar-refractivity contribution in [2.45, 2.75) is 38.4 Å². The molecule has 1 saturated carbocycles. The Balaban J connectivity index is 1.65. The molecule has 5 rings (SSSR count). The van der Waals surface area contributed by atoms with Crippen LogP contribution in [0, 0.1) is 24.6 Å². The number of alkyl halides is 3. The molecule has 3 unspecified atom stereocenters. The summed E-state index contributed by atoms with van der Waals surface area (Å²) >= 11 is 5.95. The van der Waals surface area contributed by atoms with Crippen LogP contribution in [0.2, 0.25) is 5.02 Å². The molecule has 1 saturated heterocycles. The zero-order valence-corrected chi connectivity index (χ0v) is 18.1. The Kier molecular flexibility index (Phi) is 5.15. The third-order valence-electron chi connectivity index (χ3n) is 6.34. The average Bonchev–Trinajstić information content (AvgIpc) is 3.46. The Hall–Kier alpha value is -3.01. The second-order valence-corrected chi connectivity index (χ2v) is 8.77. The Morgan fingerprint density at radius 3 is 2.67 bits per heavy atom. The Bertz CT molecular complexity index is 1240. The second kappa shape index (κ2) is 7.79. The highest BCUT2D eigenvalue weighted by Gasteiger charge is 2.53. The van der Waals surface area contributed by atoms with Crippen LogP contribution >= 0.6 is 11.6 Å². The summed E-state index contributed by atoms with van der Waals surface area (Å²) in [4.78, 5) is 19.0. The maximum atomic E-state index is 13.7. The van der Waals surface area contributed by atoms with Gasteiger partial charge in [-0.1, -0.05) is 18.0 Å². The highest BCUT2D eigenvalue weighted by Crippen LogP contribution is 2.51. The van der Waals surface area contributed by atoms with Crippen LogP contribution in [0.4, 0.5) is 23.4 Å². The van der Waals surface area contributed by atoms with E-state index in [1.807, 2.05) is 0 Å². The molecule has 0 N–H and O–H groups in total. The highest BCUT2D eigenvalue weighted by molar-refractivity contribution is 6.30. The molecule has 2 aliphatic rings. The number of carbonyl (C=O) groups excluding carboxylic acids is 1. The third kappa shape index (κ3) is 3.66. The first-order valence-corrected chi connectivity index (χ1v) is 10.8. The van der Waals surface area contributed by atoms with Crippen molar-refractivity contribution < 1.29 is 22.4 Å². The van der Waals surface area contributed by atoms with Crippen LogP contribution in [0.5, 0.6) is 0 Å². The van der Waals surface area contributed by atoms with Gasteiger partial charge in [0, 0.05) is 11.6 Å². The van der Waals surface area contributed by atoms with Crippen molar-refractivity contribution in [3.8, 4) is 5.69 Å². The summed E-state index contributed by atoms with van der Waals surface area (Å²) in [6.45, 7) is 1.46. The second-order valence-electron chi connectivity index (χ2n) is 8.37. The molecule has 2 aromatic heterocycles. The number of benzene rings is 1. The Morgan fingerprint density at radius 2 is 1.94 bits per heavy atom. The molecule has 0 radical (unpaired) electrons. The SMILES string of the molecule is Cc1cc(C(F)(F)F)cc(N2C(=O)C3CCCC3C2c2nncn2-c2ccc(F)c(Cl)c2)n1. The molecule has 1 aliphatic heterocycles. The lowest BCUT2D eigenvalue weighted by atomic mass is 9.93. The molecule has 0 spiro atoms. The number of carbonyl (C=O) groups is 1. The summed E-state index contributed by atoms with van der Waals surface area (Å²) < 4.78 is 55.7. The van der Waals surface area contributed by atoms with E-state index in [2.05, 4.69) is 15.2 Å². The van der Waals surface area contributed by atoms with Gasteiger partial charge in [0.05, 0.1) is 16.3 Å². The quantitative estimate of drug-likeness (QED) is 0.479. The van der Waals surface area contributed by atoms with Gasteiger partial charge in [0.15, 0.2) is 5.82 Å². The standard InChI is InChI=1S/C22H18ClF4N5O/c1-11-7-12(22(25,26)27)8-18(29-11)32-19(14-3-2-4-15(14)21(32)33)20-30-28-10-31(20)13-5-6-17(24)16(23)9-13/h5-10,14-15,19H,2-4H2,1H3. The lowest BCUT2D eigenvalue weighted by Crippen LogP contribution is -2.33. The fourth-order valence-electron chi connectivity index (χ4n) is 4.96. The van der Waals surface area contributed by atoms with E-state index < -0.39 is 23.6 Å². The third-order valence-corrected chi connectivity index (χ3v) is 6.63. The van der Waals surface area contributed by atoms with E-state index in [1.54, 1.807) is 4.57 Å². The molecule has 3 atom stereocenters. The predicted octanol–water partition coefficient (Wildman–Crippen LogP) is 5.29. The van der Waals surface area contributed by atoms with Gasteiger partial charge in [-0.05, 0) is 56.0 Å². The Morgan fingerprint density at radius 1 is 1.15 bits per heavy atom. The number of hydrogen-bond acceptors (Lipinski definition) is 4. The number of halogens is 5. The Labute approximate surface area is 191 Å². The van der Waals surface area contributed by atoms with Crippen LogP contribution in [0.15, 0.2) is 36.7 Å². The number of aryl methyl sites for hydroxylation is 1.